The van der Waals surface area contributed by atoms with Gasteiger partial charge in [-0.2, -0.15) is 0 Å². The van der Waals surface area contributed by atoms with E-state index in [1.807, 2.05) is 7.05 Å². The zero-order chi connectivity index (χ0) is 12.3. The zero-order valence-electron chi connectivity index (χ0n) is 11.2. The highest BCUT2D eigenvalue weighted by Gasteiger charge is 2.40. The van der Waals surface area contributed by atoms with Crippen LogP contribution in [-0.2, 0) is 11.8 Å². The second kappa shape index (κ2) is 5.09. The summed E-state index contributed by atoms with van der Waals surface area (Å²) in [6, 6.07) is 6.65. The molecule has 1 fully saturated rings. The summed E-state index contributed by atoms with van der Waals surface area (Å²) in [5, 5.41) is 3.34. The number of nitrogens with one attached hydrogen (secondary N) is 1. The van der Waals surface area contributed by atoms with Crippen molar-refractivity contribution in [1.29, 1.82) is 0 Å². The smallest absolute Gasteiger partial charge is 0.122 e. The number of hydrogen-bond acceptors (Lipinski definition) is 2. The summed E-state index contributed by atoms with van der Waals surface area (Å²) in [7, 11) is 3.81. The van der Waals surface area contributed by atoms with E-state index in [1.165, 1.54) is 30.4 Å². The predicted molar refractivity (Wildman–Crippen MR) is 71.8 cm³/mol. The van der Waals surface area contributed by atoms with E-state index >= 15 is 0 Å². The number of benzene rings is 1. The van der Waals surface area contributed by atoms with E-state index in [4.69, 9.17) is 4.74 Å². The minimum atomic E-state index is 0.311. The molecule has 1 aromatic rings. The van der Waals surface area contributed by atoms with Gasteiger partial charge in [0.25, 0.3) is 0 Å². The van der Waals surface area contributed by atoms with Gasteiger partial charge in [-0.15, -0.1) is 0 Å². The zero-order valence-corrected chi connectivity index (χ0v) is 11.2. The summed E-state index contributed by atoms with van der Waals surface area (Å²) in [5.41, 5.74) is 3.12. The fraction of sp³-hybridized carbons (Fsp3) is 0.600. The lowest BCUT2D eigenvalue weighted by molar-refractivity contribution is 0.230. The minimum absolute atomic E-state index is 0.311. The van der Waals surface area contributed by atoms with Crippen LogP contribution in [-0.4, -0.2) is 20.7 Å². The third kappa shape index (κ3) is 2.19. The maximum atomic E-state index is 5.55. The molecule has 0 saturated heterocycles. The van der Waals surface area contributed by atoms with Crippen LogP contribution in [0.25, 0.3) is 0 Å². The summed E-state index contributed by atoms with van der Waals surface area (Å²) >= 11 is 0. The average Bonchev–Trinajstić information content (AvgIpc) is 2.33. The van der Waals surface area contributed by atoms with Gasteiger partial charge in [0.2, 0.25) is 0 Å². The van der Waals surface area contributed by atoms with Crippen molar-refractivity contribution in [1.82, 2.24) is 5.32 Å². The van der Waals surface area contributed by atoms with Gasteiger partial charge in [-0.3, -0.25) is 0 Å². The number of ether oxygens (including phenoxy) is 1. The lowest BCUT2D eigenvalue weighted by atomic mass is 9.64. The molecule has 1 aromatic carbocycles. The molecule has 1 aliphatic carbocycles. The van der Waals surface area contributed by atoms with Crippen molar-refractivity contribution in [2.24, 2.45) is 0 Å². The molecule has 0 radical (unpaired) electrons. The summed E-state index contributed by atoms with van der Waals surface area (Å²) in [6.45, 7) is 3.26. The maximum absolute atomic E-state index is 5.55. The standard InChI is InChI=1S/C15H23NO/c1-4-12-6-7-14(17-3)13(10-12)15(11-16-2)8-5-9-15/h6-7,10,16H,4-5,8-9,11H2,1-3H3. The number of likely N-dealkylation sites (N-methyl/N-ethyl adjacent to an activating group) is 1. The van der Waals surface area contributed by atoms with Crippen molar-refractivity contribution in [3.63, 3.8) is 0 Å². The second-order valence-electron chi connectivity index (χ2n) is 5.05. The van der Waals surface area contributed by atoms with Crippen LogP contribution in [0.4, 0.5) is 0 Å². The van der Waals surface area contributed by atoms with E-state index in [0.717, 1.165) is 18.7 Å². The Labute approximate surface area is 104 Å². The fourth-order valence-corrected chi connectivity index (χ4v) is 2.87. The monoisotopic (exact) mass is 233 g/mol. The highest BCUT2D eigenvalue weighted by Crippen LogP contribution is 2.46. The summed E-state index contributed by atoms with van der Waals surface area (Å²) in [4.78, 5) is 0. The molecule has 17 heavy (non-hydrogen) atoms. The number of hydrogen-bond donors (Lipinski definition) is 1. The number of methoxy groups -OCH3 is 1. The largest absolute Gasteiger partial charge is 0.496 e. The Bertz CT molecular complexity index is 383. The van der Waals surface area contributed by atoms with Gasteiger partial charge >= 0.3 is 0 Å². The van der Waals surface area contributed by atoms with Crippen molar-refractivity contribution in [3.8, 4) is 5.75 Å². The molecule has 1 N–H and O–H groups in total. The molecule has 0 spiro atoms. The van der Waals surface area contributed by atoms with Crippen LogP contribution in [0.5, 0.6) is 5.75 Å². The van der Waals surface area contributed by atoms with E-state index in [2.05, 4.69) is 30.4 Å². The molecular formula is C15H23NO. The lowest BCUT2D eigenvalue weighted by Gasteiger charge is -2.43. The van der Waals surface area contributed by atoms with Crippen LogP contribution in [0.15, 0.2) is 18.2 Å². The Hall–Kier alpha value is -1.02. The minimum Gasteiger partial charge on any atom is -0.496 e. The summed E-state index contributed by atoms with van der Waals surface area (Å²) in [6.07, 6.45) is 4.97. The first kappa shape index (κ1) is 12.4. The molecule has 1 aliphatic rings. The number of rotatable bonds is 5. The van der Waals surface area contributed by atoms with Crippen molar-refractivity contribution in [2.45, 2.75) is 38.0 Å². The molecule has 0 bridgehead atoms. The molecule has 2 rings (SSSR count). The maximum Gasteiger partial charge on any atom is 0.122 e. The fourth-order valence-electron chi connectivity index (χ4n) is 2.87. The van der Waals surface area contributed by atoms with Crippen molar-refractivity contribution in [2.75, 3.05) is 20.7 Å². The van der Waals surface area contributed by atoms with Gasteiger partial charge in [0.1, 0.15) is 5.75 Å². The first-order valence-electron chi connectivity index (χ1n) is 6.58. The molecule has 2 nitrogen and oxygen atoms in total. The second-order valence-corrected chi connectivity index (χ2v) is 5.05. The first-order valence-corrected chi connectivity index (χ1v) is 6.58. The highest BCUT2D eigenvalue weighted by atomic mass is 16.5. The van der Waals surface area contributed by atoms with E-state index in [9.17, 15) is 0 Å². The van der Waals surface area contributed by atoms with Crippen molar-refractivity contribution >= 4 is 0 Å². The predicted octanol–water partition coefficient (Wildman–Crippen LogP) is 2.90. The normalized spacial score (nSPS) is 17.6. The summed E-state index contributed by atoms with van der Waals surface area (Å²) < 4.78 is 5.55. The number of aryl methyl sites for hydroxylation is 1. The molecule has 0 unspecified atom stereocenters. The average molecular weight is 233 g/mol. The first-order chi connectivity index (χ1) is 8.25. The molecule has 94 valence electrons. The van der Waals surface area contributed by atoms with Gasteiger partial charge in [0.05, 0.1) is 7.11 Å². The van der Waals surface area contributed by atoms with Crippen molar-refractivity contribution in [3.05, 3.63) is 29.3 Å². The van der Waals surface area contributed by atoms with Gasteiger partial charge in [0.15, 0.2) is 0 Å². The molecule has 0 amide bonds. The van der Waals surface area contributed by atoms with Gasteiger partial charge in [-0.05, 0) is 37.9 Å². The quantitative estimate of drug-likeness (QED) is 0.844. The molecular weight excluding hydrogens is 210 g/mol. The van der Waals surface area contributed by atoms with Crippen LogP contribution < -0.4 is 10.1 Å². The Morgan fingerprint density at radius 1 is 1.35 bits per heavy atom. The molecule has 2 heteroatoms. The van der Waals surface area contributed by atoms with E-state index in [0.29, 0.717) is 5.41 Å². The lowest BCUT2D eigenvalue weighted by Crippen LogP contribution is -2.43. The van der Waals surface area contributed by atoms with Gasteiger partial charge in [0, 0.05) is 17.5 Å². The molecule has 0 aliphatic heterocycles. The van der Waals surface area contributed by atoms with Crippen LogP contribution in [0.3, 0.4) is 0 Å². The van der Waals surface area contributed by atoms with Crippen LogP contribution >= 0.6 is 0 Å². The molecule has 1 saturated carbocycles. The topological polar surface area (TPSA) is 21.3 Å². The third-order valence-electron chi connectivity index (χ3n) is 4.07. The molecule has 0 atom stereocenters. The van der Waals surface area contributed by atoms with Gasteiger partial charge < -0.3 is 10.1 Å². The Morgan fingerprint density at radius 3 is 2.59 bits per heavy atom. The van der Waals surface area contributed by atoms with Crippen LogP contribution in [0.1, 0.15) is 37.3 Å². The van der Waals surface area contributed by atoms with Gasteiger partial charge in [-0.25, -0.2) is 0 Å². The van der Waals surface area contributed by atoms with E-state index in [-0.39, 0.29) is 0 Å². The molecule has 0 heterocycles. The Morgan fingerprint density at radius 2 is 2.12 bits per heavy atom. The van der Waals surface area contributed by atoms with Crippen molar-refractivity contribution < 1.29 is 4.74 Å². The van der Waals surface area contributed by atoms with Crippen LogP contribution in [0.2, 0.25) is 0 Å². The Kier molecular flexibility index (Phi) is 3.72. The van der Waals surface area contributed by atoms with E-state index < -0.39 is 0 Å². The highest BCUT2D eigenvalue weighted by molar-refractivity contribution is 5.44. The molecule has 0 aromatic heterocycles. The van der Waals surface area contributed by atoms with E-state index in [1.54, 1.807) is 7.11 Å². The van der Waals surface area contributed by atoms with Gasteiger partial charge in [-0.1, -0.05) is 25.5 Å². The third-order valence-corrected chi connectivity index (χ3v) is 4.07. The Balaban J connectivity index is 2.40. The van der Waals surface area contributed by atoms with Crippen LogP contribution in [0, 0.1) is 0 Å². The SMILES string of the molecule is CCc1ccc(OC)c(C2(CNC)CCC2)c1. The summed E-state index contributed by atoms with van der Waals surface area (Å²) in [5.74, 6) is 1.05.